The maximum atomic E-state index is 13.2. The first kappa shape index (κ1) is 15.5. The summed E-state index contributed by atoms with van der Waals surface area (Å²) < 4.78 is 13.2. The van der Waals surface area contributed by atoms with Gasteiger partial charge in [-0.2, -0.15) is 0 Å². The molecule has 2 rings (SSSR count). The third-order valence-electron chi connectivity index (χ3n) is 3.42. The quantitative estimate of drug-likeness (QED) is 0.858. The number of phenolic OH excluding ortho intramolecular Hbond substituents is 1. The highest BCUT2D eigenvalue weighted by Gasteiger charge is 2.13. The Morgan fingerprint density at radius 2 is 1.86 bits per heavy atom. The Labute approximate surface area is 125 Å². The van der Waals surface area contributed by atoms with Crippen LogP contribution in [0.4, 0.5) is 4.39 Å². The summed E-state index contributed by atoms with van der Waals surface area (Å²) in [5, 5.41) is 12.7. The number of benzene rings is 2. The van der Waals surface area contributed by atoms with Gasteiger partial charge < -0.3 is 15.3 Å². The first-order valence-electron chi connectivity index (χ1n) is 6.97. The second-order valence-electron chi connectivity index (χ2n) is 5.34. The normalized spacial score (nSPS) is 12.6. The van der Waals surface area contributed by atoms with Gasteiger partial charge in [0.25, 0.3) is 0 Å². The molecule has 4 heteroatoms. The molecule has 2 N–H and O–H groups in total. The standard InChI is InChI=1S/C17H21FN2O/c1-20(2)17(14-6-4-3-5-7-14)12-19-11-13-8-15(18)10-16(21)9-13/h3-10,17,19,21H,11-12H2,1-2H3. The lowest BCUT2D eigenvalue weighted by Gasteiger charge is -2.25. The molecule has 0 aliphatic carbocycles. The van der Waals surface area contributed by atoms with Crippen molar-refractivity contribution in [2.75, 3.05) is 20.6 Å². The van der Waals surface area contributed by atoms with Crippen LogP contribution in [0.25, 0.3) is 0 Å². The Kier molecular flexibility index (Phi) is 5.31. The van der Waals surface area contributed by atoms with Crippen molar-refractivity contribution in [3.63, 3.8) is 0 Å². The van der Waals surface area contributed by atoms with Gasteiger partial charge in [0, 0.05) is 25.2 Å². The SMILES string of the molecule is CN(C)C(CNCc1cc(O)cc(F)c1)c1ccccc1. The molecule has 112 valence electrons. The first-order valence-corrected chi connectivity index (χ1v) is 6.97. The summed E-state index contributed by atoms with van der Waals surface area (Å²) in [4.78, 5) is 2.14. The molecule has 0 aliphatic heterocycles. The predicted molar refractivity (Wildman–Crippen MR) is 82.6 cm³/mol. The Morgan fingerprint density at radius 1 is 1.14 bits per heavy atom. The molecule has 0 amide bonds. The fraction of sp³-hybridized carbons (Fsp3) is 0.294. The number of rotatable bonds is 6. The van der Waals surface area contributed by atoms with Gasteiger partial charge in [0.1, 0.15) is 11.6 Å². The number of nitrogens with zero attached hydrogens (tertiary/aromatic N) is 1. The van der Waals surface area contributed by atoms with Gasteiger partial charge >= 0.3 is 0 Å². The molecule has 1 unspecified atom stereocenters. The number of phenols is 1. The largest absolute Gasteiger partial charge is 0.508 e. The summed E-state index contributed by atoms with van der Waals surface area (Å²) in [7, 11) is 4.07. The molecule has 0 spiro atoms. The molecule has 21 heavy (non-hydrogen) atoms. The minimum atomic E-state index is -0.418. The van der Waals surface area contributed by atoms with Gasteiger partial charge in [0.2, 0.25) is 0 Å². The molecule has 0 heterocycles. The fourth-order valence-corrected chi connectivity index (χ4v) is 2.36. The maximum absolute atomic E-state index is 13.2. The number of nitrogens with one attached hydrogen (secondary N) is 1. The molecule has 0 aliphatic rings. The summed E-state index contributed by atoms with van der Waals surface area (Å²) in [6.45, 7) is 1.26. The van der Waals surface area contributed by atoms with Crippen LogP contribution in [-0.2, 0) is 6.54 Å². The van der Waals surface area contributed by atoms with E-state index in [1.807, 2.05) is 32.3 Å². The van der Waals surface area contributed by atoms with Crippen LogP contribution in [0, 0.1) is 5.82 Å². The highest BCUT2D eigenvalue weighted by molar-refractivity contribution is 5.28. The molecule has 1 atom stereocenters. The van der Waals surface area contributed by atoms with E-state index in [9.17, 15) is 9.50 Å². The summed E-state index contributed by atoms with van der Waals surface area (Å²) in [6.07, 6.45) is 0. The Bertz CT molecular complexity index is 552. The van der Waals surface area contributed by atoms with Gasteiger partial charge in [0.05, 0.1) is 0 Å². The zero-order valence-electron chi connectivity index (χ0n) is 12.4. The van der Waals surface area contributed by atoms with Crippen LogP contribution in [0.5, 0.6) is 5.75 Å². The van der Waals surface area contributed by atoms with Gasteiger partial charge in [-0.1, -0.05) is 30.3 Å². The summed E-state index contributed by atoms with van der Waals surface area (Å²) in [6, 6.07) is 14.6. The van der Waals surface area contributed by atoms with Crippen molar-refractivity contribution >= 4 is 0 Å². The van der Waals surface area contributed by atoms with E-state index in [1.165, 1.54) is 11.6 Å². The predicted octanol–water partition coefficient (Wildman–Crippen LogP) is 2.92. The Hall–Kier alpha value is -1.91. The number of hydrogen-bond donors (Lipinski definition) is 2. The number of likely N-dealkylation sites (N-methyl/N-ethyl adjacent to an activating group) is 1. The first-order chi connectivity index (χ1) is 10.1. The molecule has 3 nitrogen and oxygen atoms in total. The van der Waals surface area contributed by atoms with E-state index in [4.69, 9.17) is 0 Å². The van der Waals surface area contributed by atoms with Crippen LogP contribution in [0.2, 0.25) is 0 Å². The zero-order valence-corrected chi connectivity index (χ0v) is 12.4. The van der Waals surface area contributed by atoms with E-state index < -0.39 is 5.82 Å². The maximum Gasteiger partial charge on any atom is 0.127 e. The van der Waals surface area contributed by atoms with Gasteiger partial charge in [-0.05, 0) is 37.4 Å². The molecule has 0 saturated carbocycles. The van der Waals surface area contributed by atoms with Gasteiger partial charge in [-0.25, -0.2) is 4.39 Å². The van der Waals surface area contributed by atoms with Crippen molar-refractivity contribution in [1.82, 2.24) is 10.2 Å². The third kappa shape index (κ3) is 4.55. The van der Waals surface area contributed by atoms with Crippen molar-refractivity contribution in [2.45, 2.75) is 12.6 Å². The lowest BCUT2D eigenvalue weighted by molar-refractivity contribution is 0.288. The molecule has 0 saturated heterocycles. The average Bonchev–Trinajstić information content (AvgIpc) is 2.43. The zero-order chi connectivity index (χ0) is 15.2. The van der Waals surface area contributed by atoms with Crippen molar-refractivity contribution < 1.29 is 9.50 Å². The molecular weight excluding hydrogens is 267 g/mol. The van der Waals surface area contributed by atoms with Crippen LogP contribution in [0.15, 0.2) is 48.5 Å². The van der Waals surface area contributed by atoms with Crippen LogP contribution in [0.3, 0.4) is 0 Å². The van der Waals surface area contributed by atoms with Crippen molar-refractivity contribution in [2.24, 2.45) is 0 Å². The Balaban J connectivity index is 1.97. The van der Waals surface area contributed by atoms with Crippen molar-refractivity contribution in [3.05, 3.63) is 65.5 Å². The lowest BCUT2D eigenvalue weighted by atomic mass is 10.1. The smallest absolute Gasteiger partial charge is 0.127 e. The van der Waals surface area contributed by atoms with E-state index in [2.05, 4.69) is 22.3 Å². The topological polar surface area (TPSA) is 35.5 Å². The second-order valence-corrected chi connectivity index (χ2v) is 5.34. The van der Waals surface area contributed by atoms with Crippen molar-refractivity contribution in [1.29, 1.82) is 0 Å². The Morgan fingerprint density at radius 3 is 2.48 bits per heavy atom. The fourth-order valence-electron chi connectivity index (χ4n) is 2.36. The minimum absolute atomic E-state index is 0.0426. The van der Waals surface area contributed by atoms with E-state index in [1.54, 1.807) is 6.07 Å². The lowest BCUT2D eigenvalue weighted by Crippen LogP contribution is -2.30. The number of halogens is 1. The number of hydrogen-bond acceptors (Lipinski definition) is 3. The van der Waals surface area contributed by atoms with Crippen molar-refractivity contribution in [3.8, 4) is 5.75 Å². The molecule has 2 aromatic carbocycles. The third-order valence-corrected chi connectivity index (χ3v) is 3.42. The second kappa shape index (κ2) is 7.20. The molecule has 0 fully saturated rings. The minimum Gasteiger partial charge on any atom is -0.508 e. The van der Waals surface area contributed by atoms with Crippen LogP contribution in [0.1, 0.15) is 17.2 Å². The summed E-state index contributed by atoms with van der Waals surface area (Å²) >= 11 is 0. The highest BCUT2D eigenvalue weighted by atomic mass is 19.1. The average molecular weight is 288 g/mol. The highest BCUT2D eigenvalue weighted by Crippen LogP contribution is 2.18. The van der Waals surface area contributed by atoms with Gasteiger partial charge in [-0.15, -0.1) is 0 Å². The van der Waals surface area contributed by atoms with Gasteiger partial charge in [-0.3, -0.25) is 0 Å². The molecule has 0 aromatic heterocycles. The molecule has 0 radical (unpaired) electrons. The van der Waals surface area contributed by atoms with E-state index in [0.717, 1.165) is 18.2 Å². The monoisotopic (exact) mass is 288 g/mol. The van der Waals surface area contributed by atoms with E-state index in [0.29, 0.717) is 6.54 Å². The van der Waals surface area contributed by atoms with Crippen LogP contribution in [-0.4, -0.2) is 30.6 Å². The summed E-state index contributed by atoms with van der Waals surface area (Å²) in [5.41, 5.74) is 1.97. The molecular formula is C17H21FN2O. The van der Waals surface area contributed by atoms with Gasteiger partial charge in [0.15, 0.2) is 0 Å². The van der Waals surface area contributed by atoms with E-state index in [-0.39, 0.29) is 11.8 Å². The molecule has 0 bridgehead atoms. The van der Waals surface area contributed by atoms with E-state index >= 15 is 0 Å². The summed E-state index contributed by atoms with van der Waals surface area (Å²) in [5.74, 6) is -0.460. The number of aromatic hydroxyl groups is 1. The van der Waals surface area contributed by atoms with Crippen LogP contribution < -0.4 is 5.32 Å². The van der Waals surface area contributed by atoms with Crippen LogP contribution >= 0.6 is 0 Å². The molecule has 2 aromatic rings.